The van der Waals surface area contributed by atoms with Crippen LogP contribution in [0, 0.1) is 0 Å². The predicted molar refractivity (Wildman–Crippen MR) is 154 cm³/mol. The molecule has 1 aliphatic heterocycles. The van der Waals surface area contributed by atoms with E-state index in [4.69, 9.17) is 9.84 Å². The van der Waals surface area contributed by atoms with E-state index in [1.807, 2.05) is 97.1 Å². The average molecular weight is 513 g/mol. The number of H-pyrrole nitrogens is 1. The molecule has 6 aromatic rings. The molecule has 8 nitrogen and oxygen atoms in total. The maximum Gasteiger partial charge on any atom is 0.284 e. The Balaban J connectivity index is 1.53. The molecule has 0 radical (unpaired) electrons. The van der Waals surface area contributed by atoms with Crippen molar-refractivity contribution in [3.05, 3.63) is 114 Å². The summed E-state index contributed by atoms with van der Waals surface area (Å²) in [6.45, 7) is 1.30. The molecule has 0 amide bonds. The molecular weight excluding hydrogens is 488 g/mol. The summed E-state index contributed by atoms with van der Waals surface area (Å²) in [6, 6.07) is 31.2. The molecule has 0 bridgehead atoms. The minimum Gasteiger partial charge on any atom is -0.490 e. The summed E-state index contributed by atoms with van der Waals surface area (Å²) in [6.07, 6.45) is 1.71. The third-order valence-corrected chi connectivity index (χ3v) is 6.76. The van der Waals surface area contributed by atoms with Crippen molar-refractivity contribution < 1.29 is 4.74 Å². The van der Waals surface area contributed by atoms with Crippen LogP contribution >= 0.6 is 0 Å². The minimum atomic E-state index is -0.252. The quantitative estimate of drug-likeness (QED) is 0.264. The molecular formula is C31H24N6O2. The summed E-state index contributed by atoms with van der Waals surface area (Å²) in [5.41, 5.74) is 5.79. The fourth-order valence-electron chi connectivity index (χ4n) is 4.97. The Labute approximate surface area is 224 Å². The monoisotopic (exact) mass is 512 g/mol. The maximum absolute atomic E-state index is 14.3. The number of aromatic amines is 1. The average Bonchev–Trinajstić information content (AvgIpc) is 3.38. The van der Waals surface area contributed by atoms with Gasteiger partial charge in [-0.3, -0.25) is 4.79 Å². The van der Waals surface area contributed by atoms with Gasteiger partial charge in [0.2, 0.25) is 0 Å². The molecule has 0 saturated carbocycles. The molecule has 8 heteroatoms. The first-order valence-electron chi connectivity index (χ1n) is 12.8. The topological polar surface area (TPSA) is 96.3 Å². The number of nitrogens with zero attached hydrogens (tertiary/aromatic N) is 3. The van der Waals surface area contributed by atoms with Gasteiger partial charge >= 0.3 is 0 Å². The van der Waals surface area contributed by atoms with Gasteiger partial charge in [0.25, 0.3) is 5.56 Å². The van der Waals surface area contributed by atoms with Crippen molar-refractivity contribution in [1.82, 2.24) is 19.6 Å². The Morgan fingerprint density at radius 3 is 2.36 bits per heavy atom. The number of ether oxygens (including phenoxy) is 1. The first-order valence-corrected chi connectivity index (χ1v) is 12.8. The van der Waals surface area contributed by atoms with E-state index in [1.165, 1.54) is 4.52 Å². The van der Waals surface area contributed by atoms with Crippen molar-refractivity contribution in [2.24, 2.45) is 0 Å². The van der Waals surface area contributed by atoms with Crippen LogP contribution in [0.5, 0.6) is 5.75 Å². The maximum atomic E-state index is 14.3. The van der Waals surface area contributed by atoms with Crippen molar-refractivity contribution in [2.75, 3.05) is 23.8 Å². The molecule has 0 aliphatic carbocycles. The number of hydrogen-bond donors (Lipinski definition) is 3. The number of nitrogens with one attached hydrogen (secondary N) is 3. The second kappa shape index (κ2) is 9.50. The van der Waals surface area contributed by atoms with Crippen molar-refractivity contribution in [1.29, 1.82) is 0 Å². The molecule has 7 rings (SSSR count). The highest BCUT2D eigenvalue weighted by atomic mass is 16.5. The number of anilines is 3. The van der Waals surface area contributed by atoms with Crippen LogP contribution in [0.15, 0.2) is 108 Å². The lowest BCUT2D eigenvalue weighted by Crippen LogP contribution is -2.21. The highest BCUT2D eigenvalue weighted by Gasteiger charge is 2.24. The molecule has 39 heavy (non-hydrogen) atoms. The summed E-state index contributed by atoms with van der Waals surface area (Å²) in [5, 5.41) is 11.6. The van der Waals surface area contributed by atoms with Gasteiger partial charge in [-0.05, 0) is 35.4 Å². The Kier molecular flexibility index (Phi) is 5.55. The van der Waals surface area contributed by atoms with Crippen molar-refractivity contribution in [2.45, 2.75) is 0 Å². The normalized spacial score (nSPS) is 12.4. The van der Waals surface area contributed by atoms with Gasteiger partial charge in [0.15, 0.2) is 0 Å². The summed E-state index contributed by atoms with van der Waals surface area (Å²) >= 11 is 0. The fourth-order valence-corrected chi connectivity index (χ4v) is 4.97. The number of rotatable bonds is 5. The molecule has 3 N–H and O–H groups in total. The summed E-state index contributed by atoms with van der Waals surface area (Å²) < 4.78 is 7.23. The molecule has 1 aliphatic rings. The summed E-state index contributed by atoms with van der Waals surface area (Å²) in [7, 11) is 0. The van der Waals surface area contributed by atoms with Gasteiger partial charge in [0.1, 0.15) is 35.3 Å². The molecule has 0 unspecified atom stereocenters. The van der Waals surface area contributed by atoms with E-state index in [0.717, 1.165) is 39.4 Å². The van der Waals surface area contributed by atoms with Crippen molar-refractivity contribution >= 4 is 23.0 Å². The third-order valence-electron chi connectivity index (χ3n) is 6.76. The highest BCUT2D eigenvalue weighted by molar-refractivity contribution is 5.92. The number of aromatic nitrogens is 4. The first kappa shape index (κ1) is 22.8. The zero-order chi connectivity index (χ0) is 26.2. The van der Waals surface area contributed by atoms with Crippen molar-refractivity contribution in [3.8, 4) is 39.3 Å². The second-order valence-corrected chi connectivity index (χ2v) is 9.22. The zero-order valence-corrected chi connectivity index (χ0v) is 20.9. The standard InChI is InChI=1S/C31H24N6O2/c38-31-27(22-14-15-24-23(19-22)32-17-18-39-24)29(34-25-13-7-8-16-33-25)35-30-26(20-9-3-1-4-10-20)28(36-37(30)31)21-11-5-2-6-12-21/h1-16,19,32,35H,17-18H2,(H,33,34). The van der Waals surface area contributed by atoms with Crippen LogP contribution < -0.4 is 20.9 Å². The molecule has 190 valence electrons. The molecule has 3 aromatic carbocycles. The van der Waals surface area contributed by atoms with E-state index in [-0.39, 0.29) is 5.56 Å². The van der Waals surface area contributed by atoms with Gasteiger partial charge in [-0.15, -0.1) is 0 Å². The van der Waals surface area contributed by atoms with Crippen LogP contribution in [-0.4, -0.2) is 32.7 Å². The van der Waals surface area contributed by atoms with E-state index < -0.39 is 0 Å². The largest absolute Gasteiger partial charge is 0.490 e. The van der Waals surface area contributed by atoms with Gasteiger partial charge in [-0.2, -0.15) is 9.61 Å². The number of benzene rings is 3. The molecule has 0 saturated heterocycles. The number of hydrogen-bond acceptors (Lipinski definition) is 6. The van der Waals surface area contributed by atoms with Gasteiger partial charge in [0, 0.05) is 18.3 Å². The minimum absolute atomic E-state index is 0.252. The van der Waals surface area contributed by atoms with Gasteiger partial charge in [-0.25, -0.2) is 4.98 Å². The summed E-state index contributed by atoms with van der Waals surface area (Å²) in [5.74, 6) is 1.90. The second-order valence-electron chi connectivity index (χ2n) is 9.22. The number of pyridine rings is 1. The van der Waals surface area contributed by atoms with Crippen LogP contribution in [0.1, 0.15) is 0 Å². The lowest BCUT2D eigenvalue weighted by atomic mass is 10.0. The molecule has 0 atom stereocenters. The lowest BCUT2D eigenvalue weighted by Gasteiger charge is -2.20. The van der Waals surface area contributed by atoms with E-state index in [1.54, 1.807) is 6.20 Å². The van der Waals surface area contributed by atoms with Crippen LogP contribution in [-0.2, 0) is 0 Å². The fraction of sp³-hybridized carbons (Fsp3) is 0.0645. The Morgan fingerprint density at radius 2 is 1.59 bits per heavy atom. The SMILES string of the molecule is O=c1c(-c2ccc3c(c2)NCCO3)c(Nc2ccccn2)[nH]c2c(-c3ccccc3)c(-c3ccccc3)nn12. The zero-order valence-electron chi connectivity index (χ0n) is 20.9. The first-order chi connectivity index (χ1) is 19.3. The molecule has 3 aromatic heterocycles. The van der Waals surface area contributed by atoms with Gasteiger partial charge < -0.3 is 20.4 Å². The van der Waals surface area contributed by atoms with Crippen LogP contribution in [0.3, 0.4) is 0 Å². The molecule has 0 spiro atoms. The highest BCUT2D eigenvalue weighted by Crippen LogP contribution is 2.37. The Hall–Kier alpha value is -5.37. The van der Waals surface area contributed by atoms with Gasteiger partial charge in [0.05, 0.1) is 16.8 Å². The lowest BCUT2D eigenvalue weighted by molar-refractivity contribution is 0.323. The van der Waals surface area contributed by atoms with Crippen molar-refractivity contribution in [3.63, 3.8) is 0 Å². The molecule has 0 fully saturated rings. The Bertz CT molecular complexity index is 1850. The van der Waals surface area contributed by atoms with Crippen LogP contribution in [0.25, 0.3) is 39.2 Å². The molecule has 4 heterocycles. The third kappa shape index (κ3) is 4.08. The van der Waals surface area contributed by atoms with E-state index in [9.17, 15) is 4.79 Å². The predicted octanol–water partition coefficient (Wildman–Crippen LogP) is 5.97. The van der Waals surface area contributed by atoms with Gasteiger partial charge in [-0.1, -0.05) is 72.8 Å². The summed E-state index contributed by atoms with van der Waals surface area (Å²) in [4.78, 5) is 22.3. The number of fused-ring (bicyclic) bond motifs is 2. The Morgan fingerprint density at radius 1 is 0.821 bits per heavy atom. The van der Waals surface area contributed by atoms with E-state index in [2.05, 4.69) is 20.6 Å². The van der Waals surface area contributed by atoms with Crippen LogP contribution in [0.2, 0.25) is 0 Å². The van der Waals surface area contributed by atoms with E-state index >= 15 is 0 Å². The smallest absolute Gasteiger partial charge is 0.284 e. The van der Waals surface area contributed by atoms with E-state index in [0.29, 0.717) is 36.0 Å². The van der Waals surface area contributed by atoms with Crippen LogP contribution in [0.4, 0.5) is 17.3 Å².